The average molecular weight is 1690 g/mol. The summed E-state index contributed by atoms with van der Waals surface area (Å²) in [4.78, 5) is 153. The number of carbonyl (C=O) groups excluding carboxylic acids is 11. The monoisotopic (exact) mass is 1690 g/mol. The van der Waals surface area contributed by atoms with Crippen molar-refractivity contribution in [3.63, 3.8) is 0 Å². The number of aryl methyl sites for hydroxylation is 1. The number of fused-ring (bicyclic) bond motifs is 3. The van der Waals surface area contributed by atoms with Crippen LogP contribution in [-0.2, 0) is 59.3 Å². The number of guanidine groups is 7. The molecule has 0 fully saturated rings. The first-order valence-corrected chi connectivity index (χ1v) is 40.8. The molecule has 2 aromatic carbocycles. The number of rotatable bonds is 63. The minimum absolute atomic E-state index is 0.00817. The van der Waals surface area contributed by atoms with Gasteiger partial charge in [0.1, 0.15) is 48.3 Å². The number of para-hydroxylation sites is 2. The van der Waals surface area contributed by atoms with Crippen LogP contribution >= 0.6 is 0 Å². The number of hydrogen-bond acceptors (Lipinski definition) is 19. The summed E-state index contributed by atoms with van der Waals surface area (Å²) in [7, 11) is 0. The molecular weight excluding hydrogens is 1550 g/mol. The Kier molecular flexibility index (Phi) is 49.2. The Balaban J connectivity index is 1.79. The second-order valence-corrected chi connectivity index (χ2v) is 28.9. The average Bonchev–Trinajstić information content (AvgIpc) is 1.62. The topological polar surface area (TPSA) is 798 Å². The fourth-order valence-electron chi connectivity index (χ4n) is 12.8. The molecule has 0 unspecified atom stereocenters. The minimum Gasteiger partial charge on any atom is -0.370 e. The second-order valence-electron chi connectivity index (χ2n) is 28.9. The zero-order valence-electron chi connectivity index (χ0n) is 68.5. The number of aromatic nitrogens is 1. The quantitative estimate of drug-likeness (QED) is 0.0143. The second kappa shape index (κ2) is 58.2. The van der Waals surface area contributed by atoms with Gasteiger partial charge in [0.15, 0.2) is 41.7 Å². The number of primary amides is 1. The lowest BCUT2D eigenvalue weighted by Gasteiger charge is -2.28. The van der Waals surface area contributed by atoms with Gasteiger partial charge in [0.25, 0.3) is 0 Å². The molecule has 42 N–H and O–H groups in total. The van der Waals surface area contributed by atoms with E-state index in [1.54, 1.807) is 0 Å². The first-order chi connectivity index (χ1) is 57.3. The van der Waals surface area contributed by atoms with Gasteiger partial charge in [-0.15, -0.1) is 0 Å². The zero-order valence-corrected chi connectivity index (χ0v) is 68.5. The molecule has 0 radical (unpaired) electrons. The van der Waals surface area contributed by atoms with Gasteiger partial charge >= 0.3 is 0 Å². The fourth-order valence-corrected chi connectivity index (χ4v) is 12.8. The summed E-state index contributed by atoms with van der Waals surface area (Å²) in [6.07, 6.45) is 4.73. The van der Waals surface area contributed by atoms with E-state index in [1.165, 1.54) is 0 Å². The van der Waals surface area contributed by atoms with Crippen LogP contribution in [0.15, 0.2) is 48.5 Å². The van der Waals surface area contributed by atoms with Crippen molar-refractivity contribution in [2.45, 2.75) is 222 Å². The predicted molar refractivity (Wildman–Crippen MR) is 459 cm³/mol. The van der Waals surface area contributed by atoms with Crippen LogP contribution in [0.2, 0.25) is 0 Å². The van der Waals surface area contributed by atoms with Gasteiger partial charge in [0.05, 0.1) is 0 Å². The SMILES string of the molecule is N=C(N)NCCC[C@@H](NC(=O)CCCCCNC(=O)CCn1c2ccccc2c2ccccc21)C(=O)NCCCCCC(=O)N[C@H](CCCNC(=N)N)C(=O)N[C@H](CCCNC(=N)N)C(=O)N[C@H](CCCNC(=N)N)C(=O)N[C@H](CCCNC(=N)N)C(=O)N[C@H](CCCNC(=N)N)C(=O)N[C@H](CCCNC(=N)N)C(=O)N[C@H](CCCCN)C(N)=O. The largest absolute Gasteiger partial charge is 0.370 e. The number of carbonyl (C=O) groups is 11. The van der Waals surface area contributed by atoms with Crippen LogP contribution in [0.1, 0.15) is 167 Å². The number of nitrogens with one attached hydrogen (secondary N) is 24. The van der Waals surface area contributed by atoms with Crippen LogP contribution in [0.25, 0.3) is 21.8 Å². The normalized spacial score (nSPS) is 12.9. The van der Waals surface area contributed by atoms with Gasteiger partial charge in [-0.05, 0) is 154 Å². The van der Waals surface area contributed by atoms with Gasteiger partial charge in [-0.3, -0.25) is 90.6 Å². The van der Waals surface area contributed by atoms with Gasteiger partial charge in [0, 0.05) is 107 Å². The first-order valence-electron chi connectivity index (χ1n) is 40.8. The Morgan fingerprint density at radius 3 is 0.817 bits per heavy atom. The lowest BCUT2D eigenvalue weighted by atomic mass is 10.0. The third-order valence-corrected chi connectivity index (χ3v) is 19.0. The third kappa shape index (κ3) is 43.5. The van der Waals surface area contributed by atoms with E-state index in [0.29, 0.717) is 83.8 Å². The molecule has 8 atom stereocenters. The Morgan fingerprint density at radius 2 is 0.525 bits per heavy atom. The molecule has 0 bridgehead atoms. The van der Waals surface area contributed by atoms with E-state index in [1.807, 2.05) is 36.4 Å². The summed E-state index contributed by atoms with van der Waals surface area (Å²) in [5.41, 5.74) is 52.1. The van der Waals surface area contributed by atoms with Crippen LogP contribution in [0, 0.1) is 37.9 Å². The van der Waals surface area contributed by atoms with Crippen molar-refractivity contribution in [3.8, 4) is 0 Å². The molecule has 1 aromatic heterocycles. The molecule has 0 aliphatic rings. The number of unbranched alkanes of at least 4 members (excludes halogenated alkanes) is 5. The van der Waals surface area contributed by atoms with Crippen LogP contribution in [-0.4, -0.2) is 225 Å². The maximum atomic E-state index is 14.8. The van der Waals surface area contributed by atoms with Crippen molar-refractivity contribution in [2.24, 2.45) is 51.6 Å². The Hall–Kier alpha value is -12.7. The van der Waals surface area contributed by atoms with Crippen molar-refractivity contribution < 1.29 is 52.7 Å². The van der Waals surface area contributed by atoms with E-state index < -0.39 is 125 Å². The molecule has 11 amide bonds. The van der Waals surface area contributed by atoms with Gasteiger partial charge in [-0.1, -0.05) is 49.2 Å². The van der Waals surface area contributed by atoms with E-state index in [0.717, 1.165) is 21.8 Å². The number of nitrogens with two attached hydrogens (primary N) is 9. The smallest absolute Gasteiger partial charge is 0.243 e. The van der Waals surface area contributed by atoms with Crippen molar-refractivity contribution in [3.05, 3.63) is 48.5 Å². The summed E-state index contributed by atoms with van der Waals surface area (Å²) in [5, 5.41) is 102. The summed E-state index contributed by atoms with van der Waals surface area (Å²) in [6.45, 7) is 1.98. The van der Waals surface area contributed by atoms with Crippen molar-refractivity contribution in [1.82, 2.24) is 95.0 Å². The van der Waals surface area contributed by atoms with E-state index in [2.05, 4.69) is 107 Å². The summed E-state index contributed by atoms with van der Waals surface area (Å²) in [6, 6.07) is 5.44. The number of nitrogens with zero attached hydrogens (tertiary/aromatic N) is 1. The molecule has 0 saturated heterocycles. The van der Waals surface area contributed by atoms with Gasteiger partial charge < -0.3 is 147 Å². The first kappa shape index (κ1) is 101. The number of hydrogen-bond donors (Lipinski definition) is 33. The molecule has 668 valence electrons. The van der Waals surface area contributed by atoms with Gasteiger partial charge in [-0.2, -0.15) is 0 Å². The molecule has 120 heavy (non-hydrogen) atoms. The highest BCUT2D eigenvalue weighted by atomic mass is 16.2. The maximum Gasteiger partial charge on any atom is 0.243 e. The molecule has 0 aliphatic carbocycles. The summed E-state index contributed by atoms with van der Waals surface area (Å²) in [5.74, 6) is -10.2. The highest BCUT2D eigenvalue weighted by Crippen LogP contribution is 2.29. The maximum absolute atomic E-state index is 14.8. The van der Waals surface area contributed by atoms with E-state index in [9.17, 15) is 52.7 Å². The summed E-state index contributed by atoms with van der Waals surface area (Å²) < 4.78 is 2.15. The molecule has 0 aliphatic heterocycles. The molecule has 0 saturated carbocycles. The van der Waals surface area contributed by atoms with Crippen molar-refractivity contribution in [2.75, 3.05) is 65.4 Å². The lowest BCUT2D eigenvalue weighted by molar-refractivity contribution is -0.136. The highest BCUT2D eigenvalue weighted by Gasteiger charge is 2.35. The number of amides is 11. The van der Waals surface area contributed by atoms with Crippen molar-refractivity contribution in [1.29, 1.82) is 37.9 Å². The van der Waals surface area contributed by atoms with E-state index in [-0.39, 0.29) is 185 Å². The molecule has 0 spiro atoms. The third-order valence-electron chi connectivity index (χ3n) is 19.0. The van der Waals surface area contributed by atoms with E-state index in [4.69, 9.17) is 89.5 Å². The molecule has 3 aromatic rings. The highest BCUT2D eigenvalue weighted by molar-refractivity contribution is 6.08. The van der Waals surface area contributed by atoms with Crippen molar-refractivity contribution >= 4 is 129 Å². The van der Waals surface area contributed by atoms with E-state index >= 15 is 0 Å². The molecule has 3 rings (SSSR count). The van der Waals surface area contributed by atoms with Crippen LogP contribution in [0.4, 0.5) is 0 Å². The molecule has 1 heterocycles. The lowest BCUT2D eigenvalue weighted by Crippen LogP contribution is -2.60. The van der Waals surface area contributed by atoms with Crippen LogP contribution < -0.4 is 142 Å². The molecule has 45 nitrogen and oxygen atoms in total. The Bertz CT molecular complexity index is 3810. The molecular formula is C75H132N34O11. The fraction of sp³-hybridized carbons (Fsp3) is 0.600. The standard InChI is InChI=1S/C75H132N34O11/c76-35-10-9-22-48(61(77)113)103-64(116)51(25-15-40-96-71(82)83)105-66(118)53(27-17-42-98-73(86)87)107-68(120)55(29-19-44-100-75(90)91)108-67(119)54(28-18-43-99-74(88)89)106-65(117)52(26-16-41-97-72(84)85)104-63(115)50(24-14-39-95-70(80)81)102-60(112)33-4-2-12-37-93-62(114)49(23-13-38-94-69(78)79)101-59(111)32-3-1-11-36-92-58(110)34-45-109-56-30-7-5-20-46(56)47-21-6-8-31-57(47)109/h5-8,20-21,30-31,48-55H,1-4,9-19,22-29,32-45,76H2,(H2,77,113)(H,92,110)(H,93,114)(H,101,111)(H,102,112)(H,103,116)(H,104,115)(H,105,118)(H,106,117)(H,107,120)(H,108,119)(H4,78,79,94)(H4,80,81,95)(H4,82,83,96)(H4,84,85,97)(H4,86,87,98)(H4,88,89,99)(H4,90,91,100)/t48-,49-,50-,51-,52-,53-,54-,55-/m1/s1. The zero-order chi connectivity index (χ0) is 88.7. The minimum atomic E-state index is -1.53. The van der Waals surface area contributed by atoms with Gasteiger partial charge in [-0.25, -0.2) is 0 Å². The van der Waals surface area contributed by atoms with Crippen LogP contribution in [0.5, 0.6) is 0 Å². The van der Waals surface area contributed by atoms with Crippen LogP contribution in [0.3, 0.4) is 0 Å². The van der Waals surface area contributed by atoms with Gasteiger partial charge in [0.2, 0.25) is 65.0 Å². The predicted octanol–water partition coefficient (Wildman–Crippen LogP) is -5.13. The Morgan fingerprint density at radius 1 is 0.267 bits per heavy atom. The molecule has 45 heteroatoms. The summed E-state index contributed by atoms with van der Waals surface area (Å²) >= 11 is 0. The Labute approximate surface area is 698 Å². The number of benzene rings is 2.